The summed E-state index contributed by atoms with van der Waals surface area (Å²) in [5.74, 6) is -1.74. The number of amides is 2. The summed E-state index contributed by atoms with van der Waals surface area (Å²) in [7, 11) is 0. The summed E-state index contributed by atoms with van der Waals surface area (Å²) in [6.07, 6.45) is -0.990. The van der Waals surface area contributed by atoms with Crippen molar-refractivity contribution in [3.05, 3.63) is 113 Å². The average molecular weight is 680 g/mol. The fourth-order valence-corrected chi connectivity index (χ4v) is 5.86. The third-order valence-corrected chi connectivity index (χ3v) is 8.75. The molecule has 0 radical (unpaired) electrons. The van der Waals surface area contributed by atoms with Gasteiger partial charge in [0.1, 0.15) is 18.5 Å². The van der Waals surface area contributed by atoms with E-state index in [1.54, 1.807) is 71.6 Å². The van der Waals surface area contributed by atoms with E-state index in [2.05, 4.69) is 10.1 Å². The Morgan fingerprint density at radius 3 is 2.38 bits per heavy atom. The van der Waals surface area contributed by atoms with Crippen LogP contribution in [0.5, 0.6) is 6.01 Å². The lowest BCUT2D eigenvalue weighted by atomic mass is 9.95. The monoisotopic (exact) mass is 679 g/mol. The zero-order valence-corrected chi connectivity index (χ0v) is 27.2. The molecule has 4 aromatic rings. The number of nitrogens with two attached hydrogens (primary N) is 1. The summed E-state index contributed by atoms with van der Waals surface area (Å²) in [4.78, 5) is 60.6. The molecule has 0 bridgehead atoms. The quantitative estimate of drug-likeness (QED) is 0.120. The predicted molar refractivity (Wildman–Crippen MR) is 180 cm³/mol. The molecule has 6 rings (SSSR count). The van der Waals surface area contributed by atoms with Gasteiger partial charge in [-0.25, -0.2) is 0 Å². The lowest BCUT2D eigenvalue weighted by Crippen LogP contribution is -2.48. The largest absolute Gasteiger partial charge is 0.458 e. The first kappa shape index (κ1) is 34.1. The van der Waals surface area contributed by atoms with Crippen LogP contribution in [0.25, 0.3) is 0 Å². The Labute approximate surface area is 287 Å². The summed E-state index contributed by atoms with van der Waals surface area (Å²) in [5, 5.41) is 23.0. The number of likely N-dealkylation sites (tertiary alicyclic amines) is 1. The van der Waals surface area contributed by atoms with Gasteiger partial charge in [0, 0.05) is 48.7 Å². The van der Waals surface area contributed by atoms with E-state index in [1.807, 2.05) is 0 Å². The predicted octanol–water partition coefficient (Wildman–Crippen LogP) is 2.31. The SMILES string of the molecule is N=C(N)c1ccc(COc2nc(C3CCN(CC(=O)N4CCOCC4)C(=O)C3)nn2C(=O)c2cccc(C(O)C(=O)c3ccccc3)c2)cc1. The minimum atomic E-state index is -1.50. The number of nitrogens with one attached hydrogen (secondary N) is 1. The number of nitrogens with zero attached hydrogens (tertiary/aromatic N) is 5. The van der Waals surface area contributed by atoms with Crippen molar-refractivity contribution in [1.82, 2.24) is 24.6 Å². The van der Waals surface area contributed by atoms with Crippen LogP contribution in [0.1, 0.15) is 68.1 Å². The molecule has 2 amide bonds. The molecule has 2 aliphatic rings. The molecule has 258 valence electrons. The first-order valence-electron chi connectivity index (χ1n) is 16.3. The maximum Gasteiger partial charge on any atom is 0.323 e. The number of nitrogen functional groups attached to an aromatic ring is 1. The van der Waals surface area contributed by atoms with E-state index >= 15 is 0 Å². The van der Waals surface area contributed by atoms with Crippen molar-refractivity contribution in [3.8, 4) is 6.01 Å². The highest BCUT2D eigenvalue weighted by Crippen LogP contribution is 2.29. The van der Waals surface area contributed by atoms with Crippen molar-refractivity contribution in [3.63, 3.8) is 0 Å². The molecular weight excluding hydrogens is 642 g/mol. The Kier molecular flexibility index (Phi) is 10.4. The van der Waals surface area contributed by atoms with Crippen LogP contribution in [0.4, 0.5) is 0 Å². The van der Waals surface area contributed by atoms with Crippen LogP contribution in [0, 0.1) is 5.41 Å². The van der Waals surface area contributed by atoms with Gasteiger partial charge in [-0.15, -0.1) is 9.78 Å². The maximum absolute atomic E-state index is 13.9. The smallest absolute Gasteiger partial charge is 0.323 e. The van der Waals surface area contributed by atoms with Crippen molar-refractivity contribution in [1.29, 1.82) is 5.41 Å². The third kappa shape index (κ3) is 7.77. The number of carbonyl (C=O) groups is 4. The second-order valence-electron chi connectivity index (χ2n) is 12.1. The molecule has 2 fully saturated rings. The Morgan fingerprint density at radius 2 is 1.68 bits per heavy atom. The Hall–Kier alpha value is -5.73. The number of hydrogen-bond acceptors (Lipinski definition) is 10. The molecule has 2 saturated heterocycles. The molecule has 2 aliphatic heterocycles. The fraction of sp³-hybridized carbons (Fsp3) is 0.306. The number of Topliss-reactive ketones (excluding diaryl/α,β-unsaturated/α-hetero) is 1. The van der Waals surface area contributed by atoms with Gasteiger partial charge in [-0.1, -0.05) is 66.7 Å². The van der Waals surface area contributed by atoms with Gasteiger partial charge >= 0.3 is 6.01 Å². The van der Waals surface area contributed by atoms with Gasteiger partial charge in [0.25, 0.3) is 5.91 Å². The minimum Gasteiger partial charge on any atom is -0.458 e. The standard InChI is InChI=1S/C36H37N7O7/c37-33(38)25-11-9-23(10-12-25)22-50-36-39-34(27-13-14-42(29(44)20-27)21-30(45)41-15-17-49-18-16-41)40-43(36)35(48)28-8-4-7-26(19-28)32(47)31(46)24-5-2-1-3-6-24/h1-12,19,27,32,47H,13-18,20-22H2,(H3,37,38). The van der Waals surface area contributed by atoms with E-state index in [1.165, 1.54) is 17.0 Å². The minimum absolute atomic E-state index is 0.00888. The Bertz CT molecular complexity index is 1890. The van der Waals surface area contributed by atoms with Gasteiger partial charge in [-0.05, 0) is 29.7 Å². The van der Waals surface area contributed by atoms with Crippen LogP contribution in [0.3, 0.4) is 0 Å². The number of benzene rings is 3. The van der Waals surface area contributed by atoms with Gasteiger partial charge in [0.2, 0.25) is 11.8 Å². The molecule has 1 aromatic heterocycles. The van der Waals surface area contributed by atoms with E-state index in [0.29, 0.717) is 50.4 Å². The van der Waals surface area contributed by atoms with Crippen molar-refractivity contribution in [2.24, 2.45) is 5.73 Å². The lowest BCUT2D eigenvalue weighted by molar-refractivity contribution is -0.144. The van der Waals surface area contributed by atoms with Gasteiger partial charge < -0.3 is 30.1 Å². The maximum atomic E-state index is 13.9. The van der Waals surface area contributed by atoms with E-state index in [0.717, 1.165) is 10.2 Å². The summed E-state index contributed by atoms with van der Waals surface area (Å²) in [6.45, 7) is 2.24. The third-order valence-electron chi connectivity index (χ3n) is 8.75. The first-order chi connectivity index (χ1) is 24.2. The van der Waals surface area contributed by atoms with E-state index in [4.69, 9.17) is 20.6 Å². The van der Waals surface area contributed by atoms with Crippen molar-refractivity contribution in [2.45, 2.75) is 31.5 Å². The molecular formula is C36H37N7O7. The molecule has 2 unspecified atom stereocenters. The summed E-state index contributed by atoms with van der Waals surface area (Å²) in [6, 6.07) is 21.2. The number of aliphatic hydroxyl groups is 1. The number of piperidine rings is 1. The van der Waals surface area contributed by atoms with Gasteiger partial charge in [0.05, 0.1) is 19.8 Å². The summed E-state index contributed by atoms with van der Waals surface area (Å²) < 4.78 is 12.3. The highest BCUT2D eigenvalue weighted by atomic mass is 16.5. The zero-order chi connectivity index (χ0) is 35.2. The highest BCUT2D eigenvalue weighted by molar-refractivity contribution is 6.01. The number of ether oxygens (including phenoxy) is 2. The summed E-state index contributed by atoms with van der Waals surface area (Å²) in [5.41, 5.74) is 7.52. The van der Waals surface area contributed by atoms with Crippen LogP contribution < -0.4 is 10.5 Å². The van der Waals surface area contributed by atoms with E-state index < -0.39 is 23.7 Å². The van der Waals surface area contributed by atoms with Crippen molar-refractivity contribution >= 4 is 29.3 Å². The molecule has 0 saturated carbocycles. The van der Waals surface area contributed by atoms with Crippen LogP contribution in [-0.4, -0.2) is 98.4 Å². The molecule has 3 heterocycles. The van der Waals surface area contributed by atoms with Gasteiger partial charge in [-0.3, -0.25) is 24.6 Å². The first-order valence-corrected chi connectivity index (χ1v) is 16.3. The summed E-state index contributed by atoms with van der Waals surface area (Å²) >= 11 is 0. The van der Waals surface area contributed by atoms with Crippen LogP contribution in [0.15, 0.2) is 78.9 Å². The normalized spacial score (nSPS) is 16.9. The van der Waals surface area contributed by atoms with E-state index in [9.17, 15) is 24.3 Å². The van der Waals surface area contributed by atoms with Crippen LogP contribution in [-0.2, 0) is 20.9 Å². The molecule has 2 atom stereocenters. The number of hydrogen-bond donors (Lipinski definition) is 3. The van der Waals surface area contributed by atoms with Crippen molar-refractivity contribution < 1.29 is 33.8 Å². The number of amidine groups is 1. The van der Waals surface area contributed by atoms with Crippen molar-refractivity contribution in [2.75, 3.05) is 39.4 Å². The molecule has 3 aromatic carbocycles. The van der Waals surface area contributed by atoms with Gasteiger partial charge in [-0.2, -0.15) is 4.98 Å². The second kappa shape index (κ2) is 15.2. The molecule has 14 nitrogen and oxygen atoms in total. The van der Waals surface area contributed by atoms with Gasteiger partial charge in [0.15, 0.2) is 11.6 Å². The number of aromatic nitrogens is 3. The highest BCUT2D eigenvalue weighted by Gasteiger charge is 2.33. The van der Waals surface area contributed by atoms with Crippen LogP contribution >= 0.6 is 0 Å². The van der Waals surface area contributed by atoms with E-state index in [-0.39, 0.29) is 60.2 Å². The number of carbonyl (C=O) groups excluding carboxylic acids is 4. The fourth-order valence-electron chi connectivity index (χ4n) is 5.86. The average Bonchev–Trinajstić information content (AvgIpc) is 3.59. The molecule has 14 heteroatoms. The number of aliphatic hydroxyl groups excluding tert-OH is 1. The topological polar surface area (TPSA) is 194 Å². The zero-order valence-electron chi connectivity index (χ0n) is 27.2. The Morgan fingerprint density at radius 1 is 0.960 bits per heavy atom. The molecule has 0 aliphatic carbocycles. The molecule has 0 spiro atoms. The Balaban J connectivity index is 1.22. The number of ketones is 1. The second-order valence-corrected chi connectivity index (χ2v) is 12.1. The molecule has 4 N–H and O–H groups in total. The number of morpholine rings is 1. The van der Waals surface area contributed by atoms with Crippen LogP contribution in [0.2, 0.25) is 0 Å². The number of rotatable bonds is 11. The lowest BCUT2D eigenvalue weighted by Gasteiger charge is -2.33. The molecule has 50 heavy (non-hydrogen) atoms.